The number of hydrogen-bond acceptors (Lipinski definition) is 13. The predicted octanol–water partition coefficient (Wildman–Crippen LogP) is 9.90. The highest BCUT2D eigenvalue weighted by Gasteiger charge is 2.28. The summed E-state index contributed by atoms with van der Waals surface area (Å²) in [5, 5.41) is 44.6. The average molecular weight is 981 g/mol. The number of nitrogens with zero attached hydrogens (tertiary/aromatic N) is 8. The number of aromatic nitrogens is 5. The molecule has 0 saturated carbocycles. The monoisotopic (exact) mass is 981 g/mol. The average Bonchev–Trinajstić information content (AvgIpc) is 3.35. The molecular formula is C53H72N8O10. The Labute approximate surface area is 417 Å². The Morgan fingerprint density at radius 3 is 1.27 bits per heavy atom. The van der Waals surface area contributed by atoms with E-state index in [0.29, 0.717) is 28.3 Å². The molecule has 1 saturated heterocycles. The van der Waals surface area contributed by atoms with E-state index in [4.69, 9.17) is 25.5 Å². The number of carboxylic acid groups (broad SMARTS) is 5. The van der Waals surface area contributed by atoms with Gasteiger partial charge in [-0.05, 0) is 92.3 Å². The van der Waals surface area contributed by atoms with E-state index in [1.165, 1.54) is 31.0 Å². The lowest BCUT2D eigenvalue weighted by molar-refractivity contribution is 0.0684. The van der Waals surface area contributed by atoms with Crippen LogP contribution < -0.4 is 14.7 Å². The highest BCUT2D eigenvalue weighted by Crippen LogP contribution is 2.29. The number of pyridine rings is 5. The second kappa shape index (κ2) is 33.1. The zero-order valence-corrected chi connectivity index (χ0v) is 42.2. The van der Waals surface area contributed by atoms with Gasteiger partial charge in [0.2, 0.25) is 0 Å². The second-order valence-corrected chi connectivity index (χ2v) is 16.7. The van der Waals surface area contributed by atoms with Gasteiger partial charge in [0.05, 0.1) is 28.2 Å². The van der Waals surface area contributed by atoms with Crippen molar-refractivity contribution in [3.05, 3.63) is 131 Å². The standard InChI is InChI=1S/C11H14N2O2.C11H16N2O2.C11H15NO2.C10H14N2O2.C10H13NO2/c1-2-8-6-13(7-8)10-3-4-12-5-9(10)11(14)15;1-3-4-7-13(2)10-5-6-12-8-9(10)11(14)15;1-2-3-4-5-9-6-7-12-8-10(9)11(13)14;1-3-6-12(2)9-4-5-11-7-8(9)10(13)14;1-2-3-4-8-5-6-11-7-9(8)10(12)13/h3-5,8H,2,6-7H2,1H3,(H,14,15);5-6,8H,3-4,7H2,1-2H3,(H,14,15);6-8H,2-5H2,1H3,(H,13,14);4-5,7H,3,6H2,1-2H3,(H,13,14);5-7H,2-4H2,1H3,(H,12,13). The molecule has 71 heavy (non-hydrogen) atoms. The molecule has 1 aliphatic heterocycles. The van der Waals surface area contributed by atoms with Gasteiger partial charge in [-0.1, -0.05) is 60.3 Å². The molecule has 5 N–H and O–H groups in total. The molecule has 6 rings (SSSR count). The molecule has 0 atom stereocenters. The number of aromatic carboxylic acids is 5. The van der Waals surface area contributed by atoms with E-state index >= 15 is 0 Å². The Morgan fingerprint density at radius 1 is 0.479 bits per heavy atom. The van der Waals surface area contributed by atoms with Crippen LogP contribution in [0.3, 0.4) is 0 Å². The summed E-state index contributed by atoms with van der Waals surface area (Å²) in [6.07, 6.45) is 26.5. The number of unbranched alkanes of at least 4 members (excludes halogenated alkanes) is 4. The van der Waals surface area contributed by atoms with Crippen molar-refractivity contribution in [3.8, 4) is 0 Å². The van der Waals surface area contributed by atoms with E-state index in [-0.39, 0.29) is 11.1 Å². The van der Waals surface area contributed by atoms with Gasteiger partial charge in [-0.2, -0.15) is 0 Å². The fourth-order valence-corrected chi connectivity index (χ4v) is 7.19. The van der Waals surface area contributed by atoms with Crippen molar-refractivity contribution < 1.29 is 49.5 Å². The molecule has 0 aromatic carbocycles. The zero-order chi connectivity index (χ0) is 52.7. The Bertz CT molecular complexity index is 2360. The normalized spacial score (nSPS) is 11.3. The van der Waals surface area contributed by atoms with Crippen LogP contribution >= 0.6 is 0 Å². The lowest BCUT2D eigenvalue weighted by Gasteiger charge is -2.41. The van der Waals surface area contributed by atoms with Crippen LogP contribution in [0.25, 0.3) is 0 Å². The Kier molecular flexibility index (Phi) is 27.8. The van der Waals surface area contributed by atoms with Crippen molar-refractivity contribution in [2.45, 2.75) is 105 Å². The van der Waals surface area contributed by atoms with Crippen LogP contribution in [0.15, 0.2) is 92.3 Å². The zero-order valence-electron chi connectivity index (χ0n) is 42.2. The van der Waals surface area contributed by atoms with Gasteiger partial charge in [0.15, 0.2) is 0 Å². The third-order valence-electron chi connectivity index (χ3n) is 11.3. The smallest absolute Gasteiger partial charge is 0.339 e. The molecule has 0 amide bonds. The van der Waals surface area contributed by atoms with E-state index in [0.717, 1.165) is 119 Å². The first-order valence-electron chi connectivity index (χ1n) is 24.1. The number of anilines is 3. The molecule has 5 aromatic heterocycles. The van der Waals surface area contributed by atoms with Crippen LogP contribution in [0.2, 0.25) is 0 Å². The number of hydrogen-bond donors (Lipinski definition) is 5. The molecule has 1 fully saturated rings. The molecule has 18 heteroatoms. The summed E-state index contributed by atoms with van der Waals surface area (Å²) < 4.78 is 0. The number of aryl methyl sites for hydroxylation is 2. The SMILES string of the molecule is CCC1CN(c2ccncc2C(=O)O)C1.CCCCCc1ccncc1C(=O)O.CCCCN(C)c1ccncc1C(=O)O.CCCCc1ccncc1C(=O)O.CCCN(C)c1ccncc1C(=O)O. The molecule has 0 bridgehead atoms. The maximum absolute atomic E-state index is 11.0. The van der Waals surface area contributed by atoms with Crippen LogP contribution in [0.5, 0.6) is 0 Å². The lowest BCUT2D eigenvalue weighted by Crippen LogP contribution is -2.47. The summed E-state index contributed by atoms with van der Waals surface area (Å²) in [7, 11) is 3.78. The van der Waals surface area contributed by atoms with Crippen LogP contribution in [0, 0.1) is 5.92 Å². The first-order chi connectivity index (χ1) is 34.1. The van der Waals surface area contributed by atoms with Crippen LogP contribution in [-0.4, -0.2) is 121 Å². The van der Waals surface area contributed by atoms with Crippen molar-refractivity contribution in [3.63, 3.8) is 0 Å². The molecule has 384 valence electrons. The Balaban J connectivity index is 0.000000305. The van der Waals surface area contributed by atoms with Gasteiger partial charge in [-0.15, -0.1) is 0 Å². The summed E-state index contributed by atoms with van der Waals surface area (Å²) in [5.41, 5.74) is 5.49. The molecular weight excluding hydrogens is 909 g/mol. The van der Waals surface area contributed by atoms with Crippen molar-refractivity contribution in [1.29, 1.82) is 0 Å². The predicted molar refractivity (Wildman–Crippen MR) is 276 cm³/mol. The molecule has 0 aliphatic carbocycles. The van der Waals surface area contributed by atoms with Gasteiger partial charge in [-0.3, -0.25) is 24.9 Å². The number of carbonyl (C=O) groups is 5. The maximum Gasteiger partial charge on any atom is 0.339 e. The molecule has 18 nitrogen and oxygen atoms in total. The minimum absolute atomic E-state index is 0.253. The molecule has 0 radical (unpaired) electrons. The number of carboxylic acids is 5. The summed E-state index contributed by atoms with van der Waals surface area (Å²) in [5.74, 6) is -3.83. The van der Waals surface area contributed by atoms with E-state index < -0.39 is 29.8 Å². The van der Waals surface area contributed by atoms with Crippen LogP contribution in [0.1, 0.15) is 155 Å². The molecule has 1 aliphatic rings. The number of rotatable bonds is 21. The highest BCUT2D eigenvalue weighted by atomic mass is 16.4. The van der Waals surface area contributed by atoms with Gasteiger partial charge in [0, 0.05) is 102 Å². The van der Waals surface area contributed by atoms with E-state index in [1.807, 2.05) is 23.9 Å². The third kappa shape index (κ3) is 20.6. The largest absolute Gasteiger partial charge is 0.478 e. The minimum Gasteiger partial charge on any atom is -0.478 e. The summed E-state index contributed by atoms with van der Waals surface area (Å²) in [6.45, 7) is 14.2. The molecule has 0 spiro atoms. The van der Waals surface area contributed by atoms with Crippen molar-refractivity contribution in [2.75, 3.05) is 55.0 Å². The molecule has 5 aromatic rings. The first-order valence-corrected chi connectivity index (χ1v) is 24.1. The fourth-order valence-electron chi connectivity index (χ4n) is 7.19. The van der Waals surface area contributed by atoms with Crippen molar-refractivity contribution in [1.82, 2.24) is 24.9 Å². The summed E-state index contributed by atoms with van der Waals surface area (Å²) >= 11 is 0. The summed E-state index contributed by atoms with van der Waals surface area (Å²) in [6, 6.07) is 8.80. The topological polar surface area (TPSA) is 261 Å². The van der Waals surface area contributed by atoms with Gasteiger partial charge in [0.1, 0.15) is 16.7 Å². The Hall–Kier alpha value is -7.50. The van der Waals surface area contributed by atoms with Crippen molar-refractivity contribution in [2.24, 2.45) is 5.92 Å². The second-order valence-electron chi connectivity index (χ2n) is 16.7. The van der Waals surface area contributed by atoms with Gasteiger partial charge >= 0.3 is 29.8 Å². The van der Waals surface area contributed by atoms with Gasteiger partial charge in [0.25, 0.3) is 0 Å². The van der Waals surface area contributed by atoms with Gasteiger partial charge < -0.3 is 40.2 Å². The third-order valence-corrected chi connectivity index (χ3v) is 11.3. The van der Waals surface area contributed by atoms with Crippen LogP contribution in [-0.2, 0) is 12.8 Å². The van der Waals surface area contributed by atoms with Crippen LogP contribution in [0.4, 0.5) is 17.1 Å². The highest BCUT2D eigenvalue weighted by molar-refractivity contribution is 5.95. The van der Waals surface area contributed by atoms with E-state index in [9.17, 15) is 24.0 Å². The molecule has 0 unspecified atom stereocenters. The maximum atomic E-state index is 11.0. The lowest BCUT2D eigenvalue weighted by atomic mass is 9.96. The minimum atomic E-state index is -0.934. The quantitative estimate of drug-likeness (QED) is 0.0428. The first kappa shape index (κ1) is 59.6. The Morgan fingerprint density at radius 2 is 0.859 bits per heavy atom. The van der Waals surface area contributed by atoms with E-state index in [1.54, 1.807) is 61.3 Å². The van der Waals surface area contributed by atoms with E-state index in [2.05, 4.69) is 64.4 Å². The summed E-state index contributed by atoms with van der Waals surface area (Å²) in [4.78, 5) is 79.3. The van der Waals surface area contributed by atoms with Crippen molar-refractivity contribution >= 4 is 46.9 Å². The van der Waals surface area contributed by atoms with Gasteiger partial charge in [-0.25, -0.2) is 24.0 Å². The molecule has 6 heterocycles. The fraction of sp³-hybridized carbons (Fsp3) is 0.434.